The number of nitrogens with zero attached hydrogens (tertiary/aromatic N) is 4. The fraction of sp³-hybridized carbons (Fsp3) is 0.389. The van der Waals surface area contributed by atoms with E-state index >= 15 is 0 Å². The predicted molar refractivity (Wildman–Crippen MR) is 97.5 cm³/mol. The Kier molecular flexibility index (Phi) is 4.17. The maximum Gasteiger partial charge on any atom is 0.254 e. The number of carbonyl (C=O) groups excluding carboxylic acids is 1. The smallest absolute Gasteiger partial charge is 0.254 e. The number of carbonyl (C=O) groups is 1. The molecule has 0 spiro atoms. The highest BCUT2D eigenvalue weighted by molar-refractivity contribution is 7.18. The molecule has 126 valence electrons. The minimum atomic E-state index is -0.0370. The molecule has 6 heteroatoms. The highest BCUT2D eigenvalue weighted by Gasteiger charge is 2.24. The third-order valence-electron chi connectivity index (χ3n) is 4.63. The minimum Gasteiger partial charge on any atom is -0.335 e. The summed E-state index contributed by atoms with van der Waals surface area (Å²) in [5.74, 6) is 0.0121. The van der Waals surface area contributed by atoms with Crippen molar-refractivity contribution in [2.24, 2.45) is 7.05 Å². The first-order valence-electron chi connectivity index (χ1n) is 7.94. The number of aryl methyl sites for hydroxylation is 3. The van der Waals surface area contributed by atoms with Gasteiger partial charge < -0.3 is 4.90 Å². The summed E-state index contributed by atoms with van der Waals surface area (Å²) in [4.78, 5) is 19.2. The molecule has 2 aromatic heterocycles. The standard InChI is InChI=1S/C18H22N4OS/c1-10-17(12(3)22(6)20-10)11(2)21(5)18(23)14-7-8-15-16(9-14)24-13(4)19-15/h7-9,11H,1-6H3. The Morgan fingerprint density at radius 3 is 2.62 bits per heavy atom. The zero-order valence-electron chi connectivity index (χ0n) is 14.9. The molecule has 24 heavy (non-hydrogen) atoms. The van der Waals surface area contributed by atoms with E-state index < -0.39 is 0 Å². The van der Waals surface area contributed by atoms with Gasteiger partial charge in [-0.15, -0.1) is 11.3 Å². The first-order valence-corrected chi connectivity index (χ1v) is 8.75. The Morgan fingerprint density at radius 1 is 1.29 bits per heavy atom. The topological polar surface area (TPSA) is 51.0 Å². The predicted octanol–water partition coefficient (Wildman–Crippen LogP) is 3.79. The van der Waals surface area contributed by atoms with E-state index in [1.54, 1.807) is 16.2 Å². The lowest BCUT2D eigenvalue weighted by Crippen LogP contribution is -2.30. The highest BCUT2D eigenvalue weighted by atomic mass is 32.1. The van der Waals surface area contributed by atoms with Gasteiger partial charge >= 0.3 is 0 Å². The Hall–Kier alpha value is -2.21. The molecule has 0 saturated heterocycles. The third-order valence-corrected chi connectivity index (χ3v) is 5.56. The lowest BCUT2D eigenvalue weighted by Gasteiger charge is -2.25. The Labute approximate surface area is 145 Å². The van der Waals surface area contributed by atoms with Gasteiger partial charge in [0.15, 0.2) is 0 Å². The van der Waals surface area contributed by atoms with Crippen LogP contribution in [0.25, 0.3) is 10.2 Å². The van der Waals surface area contributed by atoms with E-state index in [4.69, 9.17) is 0 Å². The maximum atomic E-state index is 12.9. The normalized spacial score (nSPS) is 12.6. The molecule has 0 saturated carbocycles. The van der Waals surface area contributed by atoms with Crippen LogP contribution in [0.1, 0.15) is 45.3 Å². The van der Waals surface area contributed by atoms with Crippen LogP contribution in [-0.2, 0) is 7.05 Å². The van der Waals surface area contributed by atoms with Crippen LogP contribution in [0.2, 0.25) is 0 Å². The maximum absolute atomic E-state index is 12.9. The number of fused-ring (bicyclic) bond motifs is 1. The van der Waals surface area contributed by atoms with Crippen molar-refractivity contribution in [2.75, 3.05) is 7.05 Å². The van der Waals surface area contributed by atoms with E-state index in [1.807, 2.05) is 64.7 Å². The van der Waals surface area contributed by atoms with Gasteiger partial charge in [-0.2, -0.15) is 5.10 Å². The van der Waals surface area contributed by atoms with E-state index in [0.29, 0.717) is 5.56 Å². The number of amides is 1. The van der Waals surface area contributed by atoms with Crippen molar-refractivity contribution in [3.05, 3.63) is 45.7 Å². The lowest BCUT2D eigenvalue weighted by molar-refractivity contribution is 0.0742. The molecule has 1 amide bonds. The third kappa shape index (κ3) is 2.71. The second-order valence-corrected chi connectivity index (χ2v) is 7.45. The summed E-state index contributed by atoms with van der Waals surface area (Å²) in [6.07, 6.45) is 0. The second-order valence-electron chi connectivity index (χ2n) is 6.22. The summed E-state index contributed by atoms with van der Waals surface area (Å²) in [5.41, 5.74) is 4.82. The molecule has 0 N–H and O–H groups in total. The zero-order valence-corrected chi connectivity index (χ0v) is 15.7. The van der Waals surface area contributed by atoms with Gasteiger partial charge in [0.2, 0.25) is 0 Å². The molecule has 0 aliphatic rings. The number of hydrogen-bond acceptors (Lipinski definition) is 4. The summed E-state index contributed by atoms with van der Waals surface area (Å²) in [5, 5.41) is 5.47. The van der Waals surface area contributed by atoms with Gasteiger partial charge in [-0.05, 0) is 45.9 Å². The molecule has 0 bridgehead atoms. The molecule has 1 unspecified atom stereocenters. The molecule has 5 nitrogen and oxygen atoms in total. The van der Waals surface area contributed by atoms with Gasteiger partial charge in [-0.3, -0.25) is 9.48 Å². The number of aromatic nitrogens is 3. The number of hydrogen-bond donors (Lipinski definition) is 0. The van der Waals surface area contributed by atoms with Crippen LogP contribution in [0, 0.1) is 20.8 Å². The van der Waals surface area contributed by atoms with Crippen LogP contribution in [0.4, 0.5) is 0 Å². The fourth-order valence-electron chi connectivity index (χ4n) is 3.14. The molecular weight excluding hydrogens is 320 g/mol. The van der Waals surface area contributed by atoms with Crippen molar-refractivity contribution in [1.82, 2.24) is 19.7 Å². The van der Waals surface area contributed by atoms with Gasteiger partial charge in [0, 0.05) is 30.9 Å². The Balaban J connectivity index is 1.92. The molecule has 0 aliphatic heterocycles. The fourth-order valence-corrected chi connectivity index (χ4v) is 4.01. The van der Waals surface area contributed by atoms with E-state index in [-0.39, 0.29) is 11.9 Å². The molecule has 0 aliphatic carbocycles. The number of benzene rings is 1. The van der Waals surface area contributed by atoms with Gasteiger partial charge in [-0.1, -0.05) is 0 Å². The van der Waals surface area contributed by atoms with E-state index in [9.17, 15) is 4.79 Å². The molecule has 1 aromatic carbocycles. The molecule has 2 heterocycles. The highest BCUT2D eigenvalue weighted by Crippen LogP contribution is 2.28. The summed E-state index contributed by atoms with van der Waals surface area (Å²) >= 11 is 1.61. The molecular formula is C18H22N4OS. The number of thiazole rings is 1. The molecule has 3 aromatic rings. The molecule has 1 atom stereocenters. The van der Waals surface area contributed by atoms with Crippen molar-refractivity contribution in [3.63, 3.8) is 0 Å². The number of rotatable bonds is 3. The Morgan fingerprint density at radius 2 is 2.00 bits per heavy atom. The van der Waals surface area contributed by atoms with Crippen molar-refractivity contribution in [1.29, 1.82) is 0 Å². The molecule has 0 fully saturated rings. The first kappa shape index (κ1) is 16.6. The summed E-state index contributed by atoms with van der Waals surface area (Å²) in [7, 11) is 3.78. The van der Waals surface area contributed by atoms with Crippen LogP contribution in [0.3, 0.4) is 0 Å². The molecule has 0 radical (unpaired) electrons. The Bertz CT molecular complexity index is 925. The van der Waals surface area contributed by atoms with Crippen LogP contribution in [0.5, 0.6) is 0 Å². The average Bonchev–Trinajstić information content (AvgIpc) is 3.03. The van der Waals surface area contributed by atoms with Crippen molar-refractivity contribution in [3.8, 4) is 0 Å². The second kappa shape index (κ2) is 6.02. The van der Waals surface area contributed by atoms with Gasteiger partial charge in [0.1, 0.15) is 0 Å². The van der Waals surface area contributed by atoms with Crippen molar-refractivity contribution >= 4 is 27.5 Å². The van der Waals surface area contributed by atoms with Crippen LogP contribution in [-0.4, -0.2) is 32.6 Å². The van der Waals surface area contributed by atoms with E-state index in [2.05, 4.69) is 10.1 Å². The van der Waals surface area contributed by atoms with Crippen molar-refractivity contribution < 1.29 is 4.79 Å². The SMILES string of the molecule is Cc1nc2ccc(C(=O)N(C)C(C)c3c(C)nn(C)c3C)cc2s1. The minimum absolute atomic E-state index is 0.0121. The quantitative estimate of drug-likeness (QED) is 0.728. The van der Waals surface area contributed by atoms with Crippen LogP contribution in [0.15, 0.2) is 18.2 Å². The summed E-state index contributed by atoms with van der Waals surface area (Å²) in [6.45, 7) is 8.05. The van der Waals surface area contributed by atoms with E-state index in [0.717, 1.165) is 32.2 Å². The van der Waals surface area contributed by atoms with Gasteiger partial charge in [0.05, 0.1) is 27.0 Å². The summed E-state index contributed by atoms with van der Waals surface area (Å²) in [6, 6.07) is 5.68. The first-order chi connectivity index (χ1) is 11.3. The summed E-state index contributed by atoms with van der Waals surface area (Å²) < 4.78 is 2.92. The van der Waals surface area contributed by atoms with Crippen LogP contribution < -0.4 is 0 Å². The average molecular weight is 342 g/mol. The van der Waals surface area contributed by atoms with Gasteiger partial charge in [0.25, 0.3) is 5.91 Å². The van der Waals surface area contributed by atoms with Crippen molar-refractivity contribution in [2.45, 2.75) is 33.7 Å². The van der Waals surface area contributed by atoms with Crippen LogP contribution >= 0.6 is 11.3 Å². The monoisotopic (exact) mass is 342 g/mol. The lowest BCUT2D eigenvalue weighted by atomic mass is 10.0. The molecule has 3 rings (SSSR count). The van der Waals surface area contributed by atoms with E-state index in [1.165, 1.54) is 0 Å². The zero-order chi connectivity index (χ0) is 17.6. The largest absolute Gasteiger partial charge is 0.335 e. The van der Waals surface area contributed by atoms with Gasteiger partial charge in [-0.25, -0.2) is 4.98 Å².